The molecule has 160 valence electrons. The Labute approximate surface area is 177 Å². The number of rotatable bonds is 6. The maximum Gasteiger partial charge on any atom is 0.407 e. The molecule has 1 aromatic carbocycles. The lowest BCUT2D eigenvalue weighted by Crippen LogP contribution is -2.46. The molecule has 8 heteroatoms. The van der Waals surface area contributed by atoms with Crippen molar-refractivity contribution in [2.75, 3.05) is 19.3 Å². The summed E-state index contributed by atoms with van der Waals surface area (Å²) in [5.74, 6) is 0. The normalized spacial score (nSPS) is 18.0. The van der Waals surface area contributed by atoms with Crippen LogP contribution in [0.4, 0.5) is 4.79 Å². The number of pyridine rings is 1. The molecule has 1 N–H and O–H groups in total. The summed E-state index contributed by atoms with van der Waals surface area (Å²) in [5.41, 5.74) is 2.83. The van der Waals surface area contributed by atoms with Gasteiger partial charge in [-0.3, -0.25) is 9.88 Å². The molecule has 2 aromatic rings. The number of aromatic nitrogens is 1. The lowest BCUT2D eigenvalue weighted by Gasteiger charge is -2.37. The summed E-state index contributed by atoms with van der Waals surface area (Å²) in [4.78, 5) is 20.1. The summed E-state index contributed by atoms with van der Waals surface area (Å²) < 4.78 is 23.2. The topological polar surface area (TPSA) is 90.8 Å². The van der Waals surface area contributed by atoms with E-state index in [9.17, 15) is 13.2 Å². The second-order valence-electron chi connectivity index (χ2n) is 8.25. The van der Waals surface area contributed by atoms with Crippen molar-refractivity contribution in [3.63, 3.8) is 0 Å². The molecular weight excluding hydrogens is 402 g/mol. The first kappa shape index (κ1) is 20.8. The van der Waals surface area contributed by atoms with E-state index >= 15 is 0 Å². The van der Waals surface area contributed by atoms with Gasteiger partial charge >= 0.3 is 6.09 Å². The van der Waals surface area contributed by atoms with Gasteiger partial charge in [0.25, 0.3) is 0 Å². The fourth-order valence-corrected chi connectivity index (χ4v) is 4.75. The Kier molecular flexibility index (Phi) is 5.79. The molecule has 1 aliphatic heterocycles. The van der Waals surface area contributed by atoms with E-state index in [4.69, 9.17) is 5.11 Å². The fourth-order valence-electron chi connectivity index (χ4n) is 4.12. The lowest BCUT2D eigenvalue weighted by molar-refractivity contribution is 0.0870. The highest BCUT2D eigenvalue weighted by molar-refractivity contribution is 7.90. The minimum absolute atomic E-state index is 0.303. The van der Waals surface area contributed by atoms with Gasteiger partial charge < -0.3 is 10.0 Å². The summed E-state index contributed by atoms with van der Waals surface area (Å²) in [6.45, 7) is 2.02. The number of likely N-dealkylation sites (tertiary alicyclic amines) is 1. The highest BCUT2D eigenvalue weighted by Gasteiger charge is 2.36. The molecule has 1 saturated heterocycles. The summed E-state index contributed by atoms with van der Waals surface area (Å²) in [6, 6.07) is 11.8. The molecule has 1 saturated carbocycles. The van der Waals surface area contributed by atoms with Crippen LogP contribution in [0.25, 0.3) is 11.3 Å². The number of sulfone groups is 1. The summed E-state index contributed by atoms with van der Waals surface area (Å²) >= 11 is 0. The highest BCUT2D eigenvalue weighted by atomic mass is 32.2. The smallest absolute Gasteiger partial charge is 0.407 e. The predicted octanol–water partition coefficient (Wildman–Crippen LogP) is 3.26. The number of carbonyl (C=O) groups is 1. The molecule has 0 radical (unpaired) electrons. The second-order valence-corrected chi connectivity index (χ2v) is 10.3. The molecule has 0 bridgehead atoms. The van der Waals surface area contributed by atoms with Gasteiger partial charge in [0.1, 0.15) is 0 Å². The van der Waals surface area contributed by atoms with Gasteiger partial charge in [0, 0.05) is 49.7 Å². The zero-order valence-corrected chi connectivity index (χ0v) is 17.9. The number of hydrogen-bond donors (Lipinski definition) is 1. The zero-order valence-electron chi connectivity index (χ0n) is 17.1. The molecule has 1 amide bonds. The number of benzene rings is 1. The van der Waals surface area contributed by atoms with Crippen LogP contribution >= 0.6 is 0 Å². The van der Waals surface area contributed by atoms with Crippen molar-refractivity contribution in [1.29, 1.82) is 0 Å². The Morgan fingerprint density at radius 3 is 2.20 bits per heavy atom. The monoisotopic (exact) mass is 429 g/mol. The number of piperidine rings is 1. The van der Waals surface area contributed by atoms with Crippen LogP contribution in [-0.4, -0.2) is 65.8 Å². The van der Waals surface area contributed by atoms with Gasteiger partial charge in [0.05, 0.1) is 10.6 Å². The Bertz CT molecular complexity index is 994. The van der Waals surface area contributed by atoms with Crippen LogP contribution < -0.4 is 0 Å². The van der Waals surface area contributed by atoms with Gasteiger partial charge in [-0.1, -0.05) is 18.2 Å². The first-order valence-electron chi connectivity index (χ1n) is 10.3. The fraction of sp³-hybridized carbons (Fsp3) is 0.455. The molecular formula is C22H27N3O4S. The van der Waals surface area contributed by atoms with Crippen molar-refractivity contribution in [3.8, 4) is 11.3 Å². The Morgan fingerprint density at radius 1 is 1.07 bits per heavy atom. The zero-order chi connectivity index (χ0) is 21.3. The van der Waals surface area contributed by atoms with Crippen molar-refractivity contribution in [2.45, 2.75) is 49.2 Å². The van der Waals surface area contributed by atoms with E-state index in [0.29, 0.717) is 30.1 Å². The minimum Gasteiger partial charge on any atom is -0.465 e. The first-order chi connectivity index (χ1) is 14.3. The third-order valence-electron chi connectivity index (χ3n) is 5.99. The average Bonchev–Trinajstić information content (AvgIpc) is 3.57. The maximum absolute atomic E-state index is 11.6. The van der Waals surface area contributed by atoms with Crippen molar-refractivity contribution >= 4 is 15.9 Å². The Morgan fingerprint density at radius 2 is 1.70 bits per heavy atom. The van der Waals surface area contributed by atoms with Crippen LogP contribution in [-0.2, 0) is 16.4 Å². The van der Waals surface area contributed by atoms with Gasteiger partial charge in [0.2, 0.25) is 0 Å². The van der Waals surface area contributed by atoms with E-state index in [1.807, 2.05) is 12.3 Å². The molecule has 1 aliphatic carbocycles. The van der Waals surface area contributed by atoms with E-state index in [2.05, 4.69) is 16.0 Å². The van der Waals surface area contributed by atoms with Crippen LogP contribution in [0.5, 0.6) is 0 Å². The van der Waals surface area contributed by atoms with Crippen molar-refractivity contribution in [3.05, 3.63) is 48.2 Å². The van der Waals surface area contributed by atoms with Gasteiger partial charge in [-0.25, -0.2) is 13.2 Å². The molecule has 0 spiro atoms. The average molecular weight is 430 g/mol. The van der Waals surface area contributed by atoms with Crippen LogP contribution in [0.15, 0.2) is 47.5 Å². The van der Waals surface area contributed by atoms with Gasteiger partial charge in [0.15, 0.2) is 9.84 Å². The number of carboxylic acid groups (broad SMARTS) is 1. The largest absolute Gasteiger partial charge is 0.465 e. The van der Waals surface area contributed by atoms with Crippen LogP contribution in [0, 0.1) is 0 Å². The molecule has 2 fully saturated rings. The molecule has 4 rings (SSSR count). The van der Waals surface area contributed by atoms with E-state index in [1.54, 1.807) is 24.3 Å². The molecule has 2 aliphatic rings. The number of hydrogen-bond acceptors (Lipinski definition) is 5. The van der Waals surface area contributed by atoms with Crippen LogP contribution in [0.2, 0.25) is 0 Å². The molecule has 7 nitrogen and oxygen atoms in total. The van der Waals surface area contributed by atoms with Crippen LogP contribution in [0.3, 0.4) is 0 Å². The first-order valence-corrected chi connectivity index (χ1v) is 12.2. The Balaban J connectivity index is 1.42. The molecule has 0 atom stereocenters. The predicted molar refractivity (Wildman–Crippen MR) is 114 cm³/mol. The third-order valence-corrected chi connectivity index (χ3v) is 7.12. The van der Waals surface area contributed by atoms with Crippen molar-refractivity contribution < 1.29 is 18.3 Å². The standard InChI is InChI=1S/C22H27N3O4S/c1-30(28,29)20-7-3-17(4-8-20)21-9-2-16(14-23-21)15-25(18-5-6-18)19-10-12-24(13-11-19)22(26)27/h2-4,7-9,14,18-19H,5-6,10-13,15H2,1H3,(H,26,27). The van der Waals surface area contributed by atoms with E-state index in [1.165, 1.54) is 24.0 Å². The lowest BCUT2D eigenvalue weighted by atomic mass is 10.0. The summed E-state index contributed by atoms with van der Waals surface area (Å²) in [5, 5.41) is 9.17. The molecule has 1 aromatic heterocycles. The van der Waals surface area contributed by atoms with E-state index < -0.39 is 15.9 Å². The van der Waals surface area contributed by atoms with Crippen LogP contribution in [0.1, 0.15) is 31.2 Å². The molecule has 2 heterocycles. The van der Waals surface area contributed by atoms with Crippen molar-refractivity contribution in [2.24, 2.45) is 0 Å². The molecule has 0 unspecified atom stereocenters. The SMILES string of the molecule is CS(=O)(=O)c1ccc(-c2ccc(CN(C3CC3)C3CCN(C(=O)O)CC3)cn2)cc1. The minimum atomic E-state index is -3.20. The Hall–Kier alpha value is -2.45. The second kappa shape index (κ2) is 8.35. The number of nitrogens with zero attached hydrogens (tertiary/aromatic N) is 3. The van der Waals surface area contributed by atoms with Gasteiger partial charge in [-0.15, -0.1) is 0 Å². The number of amides is 1. The van der Waals surface area contributed by atoms with E-state index in [-0.39, 0.29) is 0 Å². The highest BCUT2D eigenvalue weighted by Crippen LogP contribution is 2.33. The maximum atomic E-state index is 11.6. The third kappa shape index (κ3) is 4.82. The van der Waals surface area contributed by atoms with Gasteiger partial charge in [-0.2, -0.15) is 0 Å². The van der Waals surface area contributed by atoms with Crippen molar-refractivity contribution in [1.82, 2.24) is 14.8 Å². The quantitative estimate of drug-likeness (QED) is 0.758. The van der Waals surface area contributed by atoms with Gasteiger partial charge in [-0.05, 0) is 49.4 Å². The molecule has 30 heavy (non-hydrogen) atoms. The summed E-state index contributed by atoms with van der Waals surface area (Å²) in [7, 11) is -3.20. The van der Waals surface area contributed by atoms with E-state index in [0.717, 1.165) is 36.2 Å². The summed E-state index contributed by atoms with van der Waals surface area (Å²) in [6.07, 6.45) is 6.43.